The Balaban J connectivity index is 2.78. The molecule has 78 valence electrons. The van der Waals surface area contributed by atoms with Gasteiger partial charge in [-0.2, -0.15) is 5.10 Å². The van der Waals surface area contributed by atoms with Crippen molar-refractivity contribution >= 4 is 23.2 Å². The summed E-state index contributed by atoms with van der Waals surface area (Å²) >= 11 is 5.93. The third-order valence-corrected chi connectivity index (χ3v) is 2.34. The number of fused-ring (bicyclic) bond motifs is 1. The SMILES string of the molecule is CCc1cc(Cl)n2ncc(C(=O)O)c2n1. The first-order chi connectivity index (χ1) is 7.13. The normalized spacial score (nSPS) is 10.8. The Hall–Kier alpha value is -1.62. The minimum absolute atomic E-state index is 0.0622. The van der Waals surface area contributed by atoms with Crippen LogP contribution >= 0.6 is 11.6 Å². The van der Waals surface area contributed by atoms with Crippen molar-refractivity contribution in [2.45, 2.75) is 13.3 Å². The number of carboxylic acid groups (broad SMARTS) is 1. The maximum Gasteiger partial charge on any atom is 0.341 e. The number of hydrogen-bond donors (Lipinski definition) is 1. The number of aromatic carboxylic acids is 1. The van der Waals surface area contributed by atoms with E-state index in [1.165, 1.54) is 10.7 Å². The maximum atomic E-state index is 10.9. The third kappa shape index (κ3) is 1.55. The topological polar surface area (TPSA) is 67.5 Å². The van der Waals surface area contributed by atoms with Crippen LogP contribution in [0.2, 0.25) is 5.15 Å². The van der Waals surface area contributed by atoms with Gasteiger partial charge in [0.1, 0.15) is 10.7 Å². The summed E-state index contributed by atoms with van der Waals surface area (Å²) in [6.07, 6.45) is 1.94. The molecule has 6 heteroatoms. The lowest BCUT2D eigenvalue weighted by atomic mass is 10.3. The van der Waals surface area contributed by atoms with Crippen LogP contribution < -0.4 is 0 Å². The Labute approximate surface area is 90.3 Å². The van der Waals surface area contributed by atoms with Gasteiger partial charge in [0.05, 0.1) is 6.20 Å². The van der Waals surface area contributed by atoms with Gasteiger partial charge < -0.3 is 5.11 Å². The van der Waals surface area contributed by atoms with E-state index >= 15 is 0 Å². The molecule has 2 aromatic rings. The smallest absolute Gasteiger partial charge is 0.341 e. The summed E-state index contributed by atoms with van der Waals surface area (Å²) in [7, 11) is 0. The van der Waals surface area contributed by atoms with Gasteiger partial charge in [-0.05, 0) is 12.5 Å². The maximum absolute atomic E-state index is 10.9. The molecule has 5 nitrogen and oxygen atoms in total. The van der Waals surface area contributed by atoms with Crippen molar-refractivity contribution in [1.82, 2.24) is 14.6 Å². The van der Waals surface area contributed by atoms with Gasteiger partial charge in [-0.25, -0.2) is 14.3 Å². The van der Waals surface area contributed by atoms with Gasteiger partial charge in [-0.1, -0.05) is 18.5 Å². The average Bonchev–Trinajstić information content (AvgIpc) is 2.61. The Morgan fingerprint density at radius 1 is 1.67 bits per heavy atom. The molecule has 0 atom stereocenters. The van der Waals surface area contributed by atoms with E-state index in [1.54, 1.807) is 6.07 Å². The molecule has 0 aromatic carbocycles. The minimum atomic E-state index is -1.05. The van der Waals surface area contributed by atoms with Crippen LogP contribution in [0.15, 0.2) is 12.3 Å². The number of halogens is 1. The van der Waals surface area contributed by atoms with Crippen LogP contribution in [0.25, 0.3) is 5.65 Å². The molecule has 2 rings (SSSR count). The van der Waals surface area contributed by atoms with Crippen molar-refractivity contribution in [3.8, 4) is 0 Å². The van der Waals surface area contributed by atoms with E-state index in [2.05, 4.69) is 10.1 Å². The van der Waals surface area contributed by atoms with E-state index in [4.69, 9.17) is 16.7 Å². The van der Waals surface area contributed by atoms with Gasteiger partial charge in [-0.15, -0.1) is 0 Å². The van der Waals surface area contributed by atoms with Gasteiger partial charge in [0.2, 0.25) is 0 Å². The van der Waals surface area contributed by atoms with Gasteiger partial charge >= 0.3 is 5.97 Å². The van der Waals surface area contributed by atoms with Gasteiger partial charge in [0.25, 0.3) is 0 Å². The zero-order valence-electron chi connectivity index (χ0n) is 7.94. The zero-order chi connectivity index (χ0) is 11.0. The molecule has 0 amide bonds. The first-order valence-electron chi connectivity index (χ1n) is 4.40. The van der Waals surface area contributed by atoms with Crippen LogP contribution in [0.5, 0.6) is 0 Å². The molecule has 0 aliphatic carbocycles. The molecule has 2 aromatic heterocycles. The van der Waals surface area contributed by atoms with E-state index in [-0.39, 0.29) is 11.2 Å². The summed E-state index contributed by atoms with van der Waals surface area (Å²) in [6.45, 7) is 1.92. The quantitative estimate of drug-likeness (QED) is 0.789. The number of nitrogens with zero attached hydrogens (tertiary/aromatic N) is 3. The number of rotatable bonds is 2. The van der Waals surface area contributed by atoms with Crippen molar-refractivity contribution in [1.29, 1.82) is 0 Å². The predicted octanol–water partition coefficient (Wildman–Crippen LogP) is 1.64. The Morgan fingerprint density at radius 2 is 2.40 bits per heavy atom. The highest BCUT2D eigenvalue weighted by molar-refractivity contribution is 6.29. The van der Waals surface area contributed by atoms with Crippen LogP contribution in [-0.2, 0) is 6.42 Å². The molecule has 0 saturated heterocycles. The van der Waals surface area contributed by atoms with Crippen molar-refractivity contribution in [3.63, 3.8) is 0 Å². The lowest BCUT2D eigenvalue weighted by Crippen LogP contribution is -2.00. The number of carboxylic acids is 1. The molecule has 1 N–H and O–H groups in total. The van der Waals surface area contributed by atoms with Crippen LogP contribution in [0, 0.1) is 0 Å². The molecular weight excluding hydrogens is 218 g/mol. The predicted molar refractivity (Wildman–Crippen MR) is 54.3 cm³/mol. The summed E-state index contributed by atoms with van der Waals surface area (Å²) in [5, 5.41) is 13.1. The minimum Gasteiger partial charge on any atom is -0.477 e. The van der Waals surface area contributed by atoms with Crippen LogP contribution in [-0.4, -0.2) is 25.7 Å². The number of hydrogen-bond acceptors (Lipinski definition) is 3. The molecule has 0 bridgehead atoms. The van der Waals surface area contributed by atoms with E-state index in [0.29, 0.717) is 11.6 Å². The van der Waals surface area contributed by atoms with Crippen LogP contribution in [0.1, 0.15) is 23.0 Å². The largest absolute Gasteiger partial charge is 0.477 e. The highest BCUT2D eigenvalue weighted by atomic mass is 35.5. The summed E-state index contributed by atoms with van der Waals surface area (Å²) in [4.78, 5) is 15.0. The number of carbonyl (C=O) groups is 1. The van der Waals surface area contributed by atoms with E-state index in [9.17, 15) is 4.79 Å². The second kappa shape index (κ2) is 3.51. The lowest BCUT2D eigenvalue weighted by molar-refractivity contribution is 0.0699. The number of aromatic nitrogens is 3. The van der Waals surface area contributed by atoms with Gasteiger partial charge in [0.15, 0.2) is 5.65 Å². The Kier molecular flexibility index (Phi) is 2.32. The van der Waals surface area contributed by atoms with E-state index in [0.717, 1.165) is 5.69 Å². The second-order valence-electron chi connectivity index (χ2n) is 3.02. The van der Waals surface area contributed by atoms with Gasteiger partial charge in [-0.3, -0.25) is 0 Å². The molecule has 2 heterocycles. The fourth-order valence-electron chi connectivity index (χ4n) is 1.30. The molecule has 0 aliphatic rings. The highest BCUT2D eigenvalue weighted by Gasteiger charge is 2.14. The lowest BCUT2D eigenvalue weighted by Gasteiger charge is -2.00. The van der Waals surface area contributed by atoms with E-state index < -0.39 is 5.97 Å². The summed E-state index contributed by atoms with van der Waals surface area (Å²) in [5.41, 5.74) is 1.09. The first kappa shape index (κ1) is 9.92. The fraction of sp³-hybridized carbons (Fsp3) is 0.222. The fourth-order valence-corrected chi connectivity index (χ4v) is 1.55. The summed E-state index contributed by atoms with van der Waals surface area (Å²) in [6, 6.07) is 1.67. The molecule has 0 saturated carbocycles. The summed E-state index contributed by atoms with van der Waals surface area (Å²) in [5.74, 6) is -1.05. The highest BCUT2D eigenvalue weighted by Crippen LogP contribution is 2.16. The Bertz CT molecular complexity index is 535. The molecule has 0 aliphatic heterocycles. The third-order valence-electron chi connectivity index (χ3n) is 2.07. The van der Waals surface area contributed by atoms with Gasteiger partial charge in [0, 0.05) is 5.69 Å². The average molecular weight is 226 g/mol. The van der Waals surface area contributed by atoms with Crippen molar-refractivity contribution in [3.05, 3.63) is 28.7 Å². The van der Waals surface area contributed by atoms with Crippen molar-refractivity contribution in [2.24, 2.45) is 0 Å². The second-order valence-corrected chi connectivity index (χ2v) is 3.41. The molecule has 0 fully saturated rings. The van der Waals surface area contributed by atoms with Crippen molar-refractivity contribution in [2.75, 3.05) is 0 Å². The van der Waals surface area contributed by atoms with Crippen molar-refractivity contribution < 1.29 is 9.90 Å². The van der Waals surface area contributed by atoms with E-state index in [1.807, 2.05) is 6.92 Å². The first-order valence-corrected chi connectivity index (χ1v) is 4.77. The number of aryl methyl sites for hydroxylation is 1. The molecule has 0 unspecified atom stereocenters. The van der Waals surface area contributed by atoms with Crippen LogP contribution in [0.4, 0.5) is 0 Å². The molecule has 15 heavy (non-hydrogen) atoms. The molecule has 0 radical (unpaired) electrons. The monoisotopic (exact) mass is 225 g/mol. The molecular formula is C9H8ClN3O2. The Morgan fingerprint density at radius 3 is 3.00 bits per heavy atom. The zero-order valence-corrected chi connectivity index (χ0v) is 8.69. The summed E-state index contributed by atoms with van der Waals surface area (Å²) < 4.78 is 1.31. The molecule has 0 spiro atoms. The van der Waals surface area contributed by atoms with Crippen LogP contribution in [0.3, 0.4) is 0 Å². The standard InChI is InChI=1S/C9H8ClN3O2/c1-2-5-3-7(10)13-8(12-5)6(4-11-13)9(14)15/h3-4H,2H2,1H3,(H,14,15).